The van der Waals surface area contributed by atoms with Gasteiger partial charge in [-0.2, -0.15) is 0 Å². The number of methoxy groups -OCH3 is 1. The zero-order chi connectivity index (χ0) is 14.5. The number of benzene rings is 1. The van der Waals surface area contributed by atoms with Gasteiger partial charge >= 0.3 is 0 Å². The van der Waals surface area contributed by atoms with Gasteiger partial charge in [-0.1, -0.05) is 12.1 Å². The van der Waals surface area contributed by atoms with Crippen LogP contribution in [0.25, 0.3) is 0 Å². The van der Waals surface area contributed by atoms with E-state index in [1.165, 1.54) is 11.3 Å². The van der Waals surface area contributed by atoms with E-state index in [1.807, 2.05) is 36.6 Å². The zero-order valence-corrected chi connectivity index (χ0v) is 12.5. The molecule has 6 heteroatoms. The number of carbonyl (C=O) groups excluding carboxylic acids is 1. The number of hydrogen-bond acceptors (Lipinski definition) is 5. The molecule has 1 aromatic carbocycles. The van der Waals surface area contributed by atoms with E-state index in [2.05, 4.69) is 15.6 Å². The number of nitrogens with zero attached hydrogens (tertiary/aromatic N) is 1. The van der Waals surface area contributed by atoms with E-state index < -0.39 is 6.04 Å². The van der Waals surface area contributed by atoms with Gasteiger partial charge in [0.15, 0.2) is 5.13 Å². The number of para-hydroxylation sites is 2. The highest BCUT2D eigenvalue weighted by molar-refractivity contribution is 7.13. The number of anilines is 2. The molecule has 0 aliphatic carbocycles. The lowest BCUT2D eigenvalue weighted by Crippen LogP contribution is -2.31. The maximum absolute atomic E-state index is 12.1. The van der Waals surface area contributed by atoms with Crippen molar-refractivity contribution in [2.24, 2.45) is 0 Å². The molecule has 0 spiro atoms. The fourth-order valence-corrected chi connectivity index (χ4v) is 2.38. The van der Waals surface area contributed by atoms with Gasteiger partial charge in [0, 0.05) is 5.38 Å². The smallest absolute Gasteiger partial charge is 0.248 e. The Bertz CT molecular complexity index is 598. The molecule has 0 radical (unpaired) electrons. The minimum absolute atomic E-state index is 0.134. The fourth-order valence-electron chi connectivity index (χ4n) is 1.69. The molecule has 1 atom stereocenters. The summed E-state index contributed by atoms with van der Waals surface area (Å²) in [5.74, 6) is 0.572. The summed E-state index contributed by atoms with van der Waals surface area (Å²) >= 11 is 1.41. The Balaban J connectivity index is 2.00. The van der Waals surface area contributed by atoms with Crippen LogP contribution in [0.5, 0.6) is 5.75 Å². The molecule has 0 fully saturated rings. The number of amides is 1. The van der Waals surface area contributed by atoms with E-state index in [0.29, 0.717) is 10.9 Å². The predicted molar refractivity (Wildman–Crippen MR) is 81.6 cm³/mol. The van der Waals surface area contributed by atoms with E-state index >= 15 is 0 Å². The third-order valence-corrected chi connectivity index (χ3v) is 3.60. The molecule has 0 saturated heterocycles. The Hall–Kier alpha value is -2.08. The molecule has 2 aromatic rings. The summed E-state index contributed by atoms with van der Waals surface area (Å²) in [7, 11) is 1.60. The Morgan fingerprint density at radius 1 is 1.40 bits per heavy atom. The largest absolute Gasteiger partial charge is 0.495 e. The topological polar surface area (TPSA) is 63.2 Å². The summed E-state index contributed by atoms with van der Waals surface area (Å²) in [5, 5.41) is 8.42. The van der Waals surface area contributed by atoms with Gasteiger partial charge in [-0.05, 0) is 26.0 Å². The first-order valence-corrected chi connectivity index (χ1v) is 7.10. The molecule has 0 aliphatic rings. The maximum Gasteiger partial charge on any atom is 0.248 e. The third-order valence-electron chi connectivity index (χ3n) is 2.72. The highest BCUT2D eigenvalue weighted by Gasteiger charge is 2.15. The summed E-state index contributed by atoms with van der Waals surface area (Å²) in [5.41, 5.74) is 1.68. The normalized spacial score (nSPS) is 11.8. The van der Waals surface area contributed by atoms with Gasteiger partial charge in [-0.3, -0.25) is 4.79 Å². The molecule has 5 nitrogen and oxygen atoms in total. The molecule has 20 heavy (non-hydrogen) atoms. The van der Waals surface area contributed by atoms with E-state index in [0.717, 1.165) is 11.4 Å². The number of aryl methyl sites for hydroxylation is 1. The molecule has 1 amide bonds. The van der Waals surface area contributed by atoms with Gasteiger partial charge in [-0.15, -0.1) is 11.3 Å². The summed E-state index contributed by atoms with van der Waals surface area (Å²) < 4.78 is 5.24. The average molecular weight is 291 g/mol. The van der Waals surface area contributed by atoms with Gasteiger partial charge in [-0.25, -0.2) is 4.98 Å². The maximum atomic E-state index is 12.1. The standard InChI is InChI=1S/C14H17N3O2S/c1-9-8-20-14(15-9)17-13(18)10(2)16-11-6-4-5-7-12(11)19-3/h4-8,10,16H,1-3H3,(H,15,17,18)/t10-/m0/s1. The van der Waals surface area contributed by atoms with Crippen molar-refractivity contribution in [3.05, 3.63) is 35.3 Å². The van der Waals surface area contributed by atoms with Crippen LogP contribution in [0.4, 0.5) is 10.8 Å². The van der Waals surface area contributed by atoms with Gasteiger partial charge in [0.1, 0.15) is 11.8 Å². The van der Waals surface area contributed by atoms with Crippen molar-refractivity contribution in [2.75, 3.05) is 17.7 Å². The highest BCUT2D eigenvalue weighted by Crippen LogP contribution is 2.24. The molecule has 106 valence electrons. The number of thiazole rings is 1. The molecule has 2 N–H and O–H groups in total. The highest BCUT2D eigenvalue weighted by atomic mass is 32.1. The van der Waals surface area contributed by atoms with Crippen molar-refractivity contribution in [1.29, 1.82) is 0 Å². The van der Waals surface area contributed by atoms with Gasteiger partial charge in [0.05, 0.1) is 18.5 Å². The first kappa shape index (κ1) is 14.3. The van der Waals surface area contributed by atoms with E-state index in [4.69, 9.17) is 4.74 Å². The van der Waals surface area contributed by atoms with Gasteiger partial charge in [0.25, 0.3) is 0 Å². The van der Waals surface area contributed by atoms with Crippen LogP contribution in [-0.2, 0) is 4.79 Å². The van der Waals surface area contributed by atoms with Crippen molar-refractivity contribution in [1.82, 2.24) is 4.98 Å². The fraction of sp³-hybridized carbons (Fsp3) is 0.286. The summed E-state index contributed by atoms with van der Waals surface area (Å²) in [6.45, 7) is 3.69. The third kappa shape index (κ3) is 3.48. The summed E-state index contributed by atoms with van der Waals surface area (Å²) in [6.07, 6.45) is 0. The lowest BCUT2D eigenvalue weighted by atomic mass is 10.2. The molecular weight excluding hydrogens is 274 g/mol. The van der Waals surface area contributed by atoms with Gasteiger partial charge < -0.3 is 15.4 Å². The number of nitrogens with one attached hydrogen (secondary N) is 2. The quantitative estimate of drug-likeness (QED) is 0.889. The first-order valence-electron chi connectivity index (χ1n) is 6.22. The number of ether oxygens (including phenoxy) is 1. The minimum atomic E-state index is -0.393. The molecule has 0 saturated carbocycles. The number of carbonyl (C=O) groups is 1. The molecule has 2 rings (SSSR count). The molecule has 0 unspecified atom stereocenters. The summed E-state index contributed by atoms with van der Waals surface area (Å²) in [6, 6.07) is 7.09. The summed E-state index contributed by atoms with van der Waals surface area (Å²) in [4.78, 5) is 16.3. The second kappa shape index (κ2) is 6.38. The monoisotopic (exact) mass is 291 g/mol. The Labute approximate surface area is 122 Å². The SMILES string of the molecule is COc1ccccc1N[C@@H](C)C(=O)Nc1nc(C)cs1. The second-order valence-corrected chi connectivity index (χ2v) is 5.21. The number of aromatic nitrogens is 1. The van der Waals surface area contributed by atoms with Crippen LogP contribution < -0.4 is 15.4 Å². The Kier molecular flexibility index (Phi) is 4.57. The molecule has 0 bridgehead atoms. The van der Waals surface area contributed by atoms with Crippen molar-refractivity contribution < 1.29 is 9.53 Å². The van der Waals surface area contributed by atoms with Crippen molar-refractivity contribution in [2.45, 2.75) is 19.9 Å². The zero-order valence-electron chi connectivity index (χ0n) is 11.6. The van der Waals surface area contributed by atoms with Crippen LogP contribution in [0.2, 0.25) is 0 Å². The lowest BCUT2D eigenvalue weighted by Gasteiger charge is -2.16. The van der Waals surface area contributed by atoms with Crippen molar-refractivity contribution >= 4 is 28.1 Å². The average Bonchev–Trinajstić information content (AvgIpc) is 2.84. The van der Waals surface area contributed by atoms with E-state index in [1.54, 1.807) is 14.0 Å². The van der Waals surface area contributed by atoms with E-state index in [-0.39, 0.29) is 5.91 Å². The van der Waals surface area contributed by atoms with Crippen LogP contribution in [0.15, 0.2) is 29.6 Å². The predicted octanol–water partition coefficient (Wildman–Crippen LogP) is 2.90. The second-order valence-electron chi connectivity index (χ2n) is 4.35. The molecular formula is C14H17N3O2S. The van der Waals surface area contributed by atoms with Crippen molar-refractivity contribution in [3.8, 4) is 5.75 Å². The van der Waals surface area contributed by atoms with E-state index in [9.17, 15) is 4.79 Å². The molecule has 1 aromatic heterocycles. The van der Waals surface area contributed by atoms with Crippen LogP contribution in [-0.4, -0.2) is 24.0 Å². The Morgan fingerprint density at radius 3 is 2.80 bits per heavy atom. The lowest BCUT2D eigenvalue weighted by molar-refractivity contribution is -0.116. The molecule has 1 heterocycles. The first-order chi connectivity index (χ1) is 9.60. The minimum Gasteiger partial charge on any atom is -0.495 e. The van der Waals surface area contributed by atoms with Crippen LogP contribution in [0, 0.1) is 6.92 Å². The number of hydrogen-bond donors (Lipinski definition) is 2. The van der Waals surface area contributed by atoms with Crippen molar-refractivity contribution in [3.63, 3.8) is 0 Å². The Morgan fingerprint density at radius 2 is 2.15 bits per heavy atom. The molecule has 0 aliphatic heterocycles. The van der Waals surface area contributed by atoms with Crippen LogP contribution in [0.1, 0.15) is 12.6 Å². The van der Waals surface area contributed by atoms with Crippen LogP contribution in [0.3, 0.4) is 0 Å². The van der Waals surface area contributed by atoms with Gasteiger partial charge in [0.2, 0.25) is 5.91 Å². The number of rotatable bonds is 5. The van der Waals surface area contributed by atoms with Crippen LogP contribution >= 0.6 is 11.3 Å².